The van der Waals surface area contributed by atoms with Crippen molar-refractivity contribution in [2.75, 3.05) is 5.32 Å². The number of carbonyl (C=O) groups excluding carboxylic acids is 1. The Kier molecular flexibility index (Phi) is 3.96. The van der Waals surface area contributed by atoms with Gasteiger partial charge in [-0.3, -0.25) is 4.79 Å². The number of hydrogen-bond acceptors (Lipinski definition) is 5. The van der Waals surface area contributed by atoms with E-state index < -0.39 is 6.17 Å². The largest absolute Gasteiger partial charge is 0.339 e. The van der Waals surface area contributed by atoms with Gasteiger partial charge in [-0.1, -0.05) is 17.3 Å². The predicted molar refractivity (Wildman–Crippen MR) is 112 cm³/mol. The number of benzene rings is 1. The molecule has 2 aliphatic carbocycles. The molecule has 0 bridgehead atoms. The molecule has 0 saturated heterocycles. The van der Waals surface area contributed by atoms with Gasteiger partial charge in [0.25, 0.3) is 5.91 Å². The zero-order valence-corrected chi connectivity index (χ0v) is 16.9. The molecule has 2 saturated carbocycles. The van der Waals surface area contributed by atoms with E-state index in [0.717, 1.165) is 11.1 Å². The van der Waals surface area contributed by atoms with Crippen molar-refractivity contribution in [2.45, 2.75) is 44.2 Å². The van der Waals surface area contributed by atoms with E-state index in [2.05, 4.69) is 32.7 Å². The molecule has 156 valence electrons. The van der Waals surface area contributed by atoms with Crippen LogP contribution in [-0.4, -0.2) is 31.8 Å². The van der Waals surface area contributed by atoms with Gasteiger partial charge in [0.1, 0.15) is 6.17 Å². The van der Waals surface area contributed by atoms with E-state index >= 15 is 0 Å². The first-order valence-corrected chi connectivity index (χ1v) is 10.4. The summed E-state index contributed by atoms with van der Waals surface area (Å²) in [5.74, 6) is 0.788. The minimum Gasteiger partial charge on any atom is -0.339 e. The number of nitrogens with zero attached hydrogens (tertiary/aromatic N) is 4. The highest BCUT2D eigenvalue weighted by Crippen LogP contribution is 2.43. The van der Waals surface area contributed by atoms with Gasteiger partial charge in [-0.05, 0) is 61.4 Å². The van der Waals surface area contributed by atoms with Crippen LogP contribution in [0.25, 0.3) is 16.9 Å². The van der Waals surface area contributed by atoms with E-state index in [1.165, 1.54) is 18.4 Å². The number of halogens is 1. The van der Waals surface area contributed by atoms with Crippen molar-refractivity contribution in [3.05, 3.63) is 65.3 Å². The lowest BCUT2D eigenvalue weighted by molar-refractivity contribution is 0.102. The number of rotatable bonds is 5. The molecule has 0 spiro atoms. The van der Waals surface area contributed by atoms with Gasteiger partial charge in [0.15, 0.2) is 0 Å². The smallest absolute Gasteiger partial charge is 0.259 e. The number of aryl methyl sites for hydroxylation is 1. The molecule has 0 unspecified atom stereocenters. The van der Waals surface area contributed by atoms with Gasteiger partial charge >= 0.3 is 0 Å². The van der Waals surface area contributed by atoms with E-state index in [1.54, 1.807) is 10.7 Å². The highest BCUT2D eigenvalue weighted by atomic mass is 19.1. The Morgan fingerprint density at radius 2 is 2.10 bits per heavy atom. The van der Waals surface area contributed by atoms with Crippen molar-refractivity contribution in [2.24, 2.45) is 0 Å². The molecule has 1 aromatic carbocycles. The number of amides is 1. The van der Waals surface area contributed by atoms with Crippen molar-refractivity contribution in [3.8, 4) is 11.4 Å². The molecule has 6 rings (SSSR count). The van der Waals surface area contributed by atoms with Crippen LogP contribution in [0.15, 0.2) is 47.2 Å². The lowest BCUT2D eigenvalue weighted by atomic mass is 10.1. The fourth-order valence-electron chi connectivity index (χ4n) is 3.85. The number of nitrogens with one attached hydrogen (secondary N) is 1. The molecule has 0 radical (unpaired) electrons. The summed E-state index contributed by atoms with van der Waals surface area (Å²) in [4.78, 5) is 17.4. The van der Waals surface area contributed by atoms with Crippen LogP contribution in [0.5, 0.6) is 0 Å². The Morgan fingerprint density at radius 3 is 2.87 bits per heavy atom. The van der Waals surface area contributed by atoms with Crippen molar-refractivity contribution in [1.29, 1.82) is 0 Å². The SMILES string of the molecule is Cc1ccc(-c2noc([C@H]3C[C@@H]3F)n2)cc1NC(=O)c1cnn2ccc(C3CC3)cc12. The molecule has 2 fully saturated rings. The second-order valence-electron chi connectivity index (χ2n) is 8.42. The third kappa shape index (κ3) is 3.28. The molecule has 1 N–H and O–H groups in total. The van der Waals surface area contributed by atoms with Crippen molar-refractivity contribution < 1.29 is 13.7 Å². The topological polar surface area (TPSA) is 85.3 Å². The number of aromatic nitrogens is 4. The van der Waals surface area contributed by atoms with Gasteiger partial charge in [-0.25, -0.2) is 8.91 Å². The quantitative estimate of drug-likeness (QED) is 0.511. The maximum atomic E-state index is 13.3. The van der Waals surface area contributed by atoms with E-state index in [4.69, 9.17) is 4.52 Å². The van der Waals surface area contributed by atoms with Crippen LogP contribution < -0.4 is 5.32 Å². The summed E-state index contributed by atoms with van der Waals surface area (Å²) in [6, 6.07) is 9.68. The molecule has 8 heteroatoms. The lowest BCUT2D eigenvalue weighted by Crippen LogP contribution is -2.12. The van der Waals surface area contributed by atoms with Crippen molar-refractivity contribution in [3.63, 3.8) is 0 Å². The summed E-state index contributed by atoms with van der Waals surface area (Å²) < 4.78 is 20.2. The third-order valence-corrected chi connectivity index (χ3v) is 6.05. The fraction of sp³-hybridized carbons (Fsp3) is 0.304. The van der Waals surface area contributed by atoms with Gasteiger partial charge in [0.05, 0.1) is 23.2 Å². The predicted octanol–water partition coefficient (Wildman–Crippen LogP) is 4.65. The Balaban J connectivity index is 1.28. The number of hydrogen-bond donors (Lipinski definition) is 1. The molecular formula is C23H20FN5O2. The first-order valence-electron chi connectivity index (χ1n) is 10.4. The van der Waals surface area contributed by atoms with Crippen LogP contribution in [0.2, 0.25) is 0 Å². The van der Waals surface area contributed by atoms with Crippen molar-refractivity contribution in [1.82, 2.24) is 19.8 Å². The van der Waals surface area contributed by atoms with Crippen LogP contribution in [0.1, 0.15) is 58.5 Å². The van der Waals surface area contributed by atoms with Crippen LogP contribution in [0, 0.1) is 6.92 Å². The minimum absolute atomic E-state index is 0.227. The number of alkyl halides is 1. The van der Waals surface area contributed by atoms with Crippen LogP contribution in [-0.2, 0) is 0 Å². The summed E-state index contributed by atoms with van der Waals surface area (Å²) in [5, 5.41) is 11.3. The lowest BCUT2D eigenvalue weighted by Gasteiger charge is -2.09. The van der Waals surface area contributed by atoms with Gasteiger partial charge in [-0.2, -0.15) is 10.1 Å². The van der Waals surface area contributed by atoms with E-state index in [9.17, 15) is 9.18 Å². The molecule has 7 nitrogen and oxygen atoms in total. The van der Waals surface area contributed by atoms with E-state index in [0.29, 0.717) is 40.9 Å². The highest BCUT2D eigenvalue weighted by molar-refractivity contribution is 6.09. The van der Waals surface area contributed by atoms with Gasteiger partial charge in [0.2, 0.25) is 11.7 Å². The van der Waals surface area contributed by atoms with Gasteiger partial charge in [0, 0.05) is 17.4 Å². The zero-order chi connectivity index (χ0) is 21.1. The first kappa shape index (κ1) is 18.2. The number of carbonyl (C=O) groups is 1. The molecule has 1 amide bonds. The Hall–Kier alpha value is -3.55. The minimum atomic E-state index is -0.896. The maximum absolute atomic E-state index is 13.3. The molecule has 2 aliphatic rings. The summed E-state index contributed by atoms with van der Waals surface area (Å²) in [5.41, 5.74) is 4.83. The molecule has 3 aromatic heterocycles. The average molecular weight is 417 g/mol. The standard InChI is InChI=1S/C23H20FN5O2/c1-12-2-3-15(21-27-23(31-28-21)16-10-18(16)24)8-19(12)26-22(30)17-11-25-29-7-6-14(9-20(17)29)13-4-5-13/h2-3,6-9,11,13,16,18H,4-5,10H2,1H3,(H,26,30)/t16-,18-/m0/s1. The Morgan fingerprint density at radius 1 is 1.26 bits per heavy atom. The maximum Gasteiger partial charge on any atom is 0.259 e. The molecule has 0 aliphatic heterocycles. The van der Waals surface area contributed by atoms with E-state index in [1.807, 2.05) is 31.3 Å². The molecule has 31 heavy (non-hydrogen) atoms. The summed E-state index contributed by atoms with van der Waals surface area (Å²) in [6.45, 7) is 1.92. The zero-order valence-electron chi connectivity index (χ0n) is 16.9. The molecular weight excluding hydrogens is 397 g/mol. The van der Waals surface area contributed by atoms with Crippen molar-refractivity contribution >= 4 is 17.1 Å². The Bertz CT molecular complexity index is 1320. The van der Waals surface area contributed by atoms with Crippen LogP contribution >= 0.6 is 0 Å². The highest BCUT2D eigenvalue weighted by Gasteiger charge is 2.43. The summed E-state index contributed by atoms with van der Waals surface area (Å²) >= 11 is 0. The first-order chi connectivity index (χ1) is 15.1. The molecule has 2 atom stereocenters. The summed E-state index contributed by atoms with van der Waals surface area (Å²) in [7, 11) is 0. The monoisotopic (exact) mass is 417 g/mol. The number of fused-ring (bicyclic) bond motifs is 1. The molecule has 3 heterocycles. The molecule has 4 aromatic rings. The normalized spacial score (nSPS) is 20.2. The second kappa shape index (κ2) is 6.73. The average Bonchev–Trinajstić information content (AvgIpc) is 3.65. The van der Waals surface area contributed by atoms with E-state index in [-0.39, 0.29) is 11.8 Å². The van der Waals surface area contributed by atoms with Crippen LogP contribution in [0.3, 0.4) is 0 Å². The Labute approximate surface area is 177 Å². The fourth-order valence-corrected chi connectivity index (χ4v) is 3.85. The van der Waals surface area contributed by atoms with Gasteiger partial charge in [-0.15, -0.1) is 0 Å². The van der Waals surface area contributed by atoms with Crippen LogP contribution in [0.4, 0.5) is 10.1 Å². The second-order valence-corrected chi connectivity index (χ2v) is 8.42. The third-order valence-electron chi connectivity index (χ3n) is 6.05. The number of anilines is 1. The summed E-state index contributed by atoms with van der Waals surface area (Å²) in [6.07, 6.45) is 5.42. The van der Waals surface area contributed by atoms with Gasteiger partial charge < -0.3 is 9.84 Å². The number of pyridine rings is 1.